The molecule has 1 rings (SSSR count). The molecule has 0 fully saturated rings. The third-order valence-corrected chi connectivity index (χ3v) is 3.75. The first-order valence-corrected chi connectivity index (χ1v) is 6.20. The topological polar surface area (TPSA) is 37.3 Å². The molecule has 0 bridgehead atoms. The molecule has 0 spiro atoms. The molecule has 0 heterocycles. The van der Waals surface area contributed by atoms with Crippen molar-refractivity contribution >= 4 is 11.1 Å². The highest BCUT2D eigenvalue weighted by molar-refractivity contribution is 7.80. The second kappa shape index (κ2) is 4.90. The minimum atomic E-state index is -1.77. The van der Waals surface area contributed by atoms with E-state index in [9.17, 15) is 4.21 Å². The van der Waals surface area contributed by atoms with E-state index in [0.29, 0.717) is 12.3 Å². The highest BCUT2D eigenvalue weighted by Crippen LogP contribution is 2.28. The van der Waals surface area contributed by atoms with Crippen molar-refractivity contribution in [3.8, 4) is 0 Å². The Labute approximate surface area is 94.0 Å². The van der Waals surface area contributed by atoms with Crippen LogP contribution in [0.1, 0.15) is 38.7 Å². The van der Waals surface area contributed by atoms with Crippen molar-refractivity contribution in [3.05, 3.63) is 35.9 Å². The van der Waals surface area contributed by atoms with Gasteiger partial charge in [0.15, 0.2) is 11.1 Å². The quantitative estimate of drug-likeness (QED) is 0.801. The summed E-state index contributed by atoms with van der Waals surface area (Å²) in [6.07, 6.45) is 0.708. The zero-order chi connectivity index (χ0) is 11.5. The molecule has 2 unspecified atom stereocenters. The van der Waals surface area contributed by atoms with Gasteiger partial charge < -0.3 is 4.55 Å². The lowest BCUT2D eigenvalue weighted by Crippen LogP contribution is -2.27. The Hall–Kier alpha value is -0.670. The van der Waals surface area contributed by atoms with Gasteiger partial charge in [0.05, 0.1) is 4.75 Å². The maximum atomic E-state index is 11.1. The molecule has 0 aliphatic heterocycles. The second-order valence-electron chi connectivity index (χ2n) is 4.52. The lowest BCUT2D eigenvalue weighted by molar-refractivity contribution is 0.479. The molecule has 0 saturated carbocycles. The third-order valence-electron chi connectivity index (χ3n) is 2.64. The zero-order valence-corrected chi connectivity index (χ0v) is 10.3. The summed E-state index contributed by atoms with van der Waals surface area (Å²) in [5, 5.41) is 0. The zero-order valence-electron chi connectivity index (χ0n) is 9.43. The molecule has 2 atom stereocenters. The average molecular weight is 226 g/mol. The summed E-state index contributed by atoms with van der Waals surface area (Å²) < 4.78 is 19.7. The highest BCUT2D eigenvalue weighted by Gasteiger charge is 2.27. The normalized spacial score (nSPS) is 16.0. The summed E-state index contributed by atoms with van der Waals surface area (Å²) in [4.78, 5) is 0. The van der Waals surface area contributed by atoms with Crippen LogP contribution in [0.25, 0.3) is 0 Å². The van der Waals surface area contributed by atoms with Gasteiger partial charge >= 0.3 is 0 Å². The van der Waals surface area contributed by atoms with Crippen LogP contribution in [0.5, 0.6) is 0 Å². The van der Waals surface area contributed by atoms with Gasteiger partial charge in [-0.1, -0.05) is 37.3 Å². The van der Waals surface area contributed by atoms with Gasteiger partial charge in [-0.15, -0.1) is 0 Å². The summed E-state index contributed by atoms with van der Waals surface area (Å²) in [5.41, 5.74) is 1.22. The molecular weight excluding hydrogens is 208 g/mol. The molecular formula is C12H18O2S. The highest BCUT2D eigenvalue weighted by atomic mass is 32.2. The van der Waals surface area contributed by atoms with E-state index in [2.05, 4.69) is 19.1 Å². The predicted molar refractivity (Wildman–Crippen MR) is 64.3 cm³/mol. The molecule has 0 aliphatic rings. The largest absolute Gasteiger partial charge is 0.306 e. The van der Waals surface area contributed by atoms with Crippen molar-refractivity contribution in [2.75, 3.05) is 0 Å². The van der Waals surface area contributed by atoms with Gasteiger partial charge in [-0.25, -0.2) is 4.21 Å². The third kappa shape index (κ3) is 3.43. The van der Waals surface area contributed by atoms with Crippen LogP contribution in [0, 0.1) is 0 Å². The Morgan fingerprint density at radius 2 is 1.87 bits per heavy atom. The van der Waals surface area contributed by atoms with Crippen molar-refractivity contribution in [1.29, 1.82) is 0 Å². The molecule has 3 heteroatoms. The molecule has 0 aromatic heterocycles. The van der Waals surface area contributed by atoms with E-state index in [1.54, 1.807) is 0 Å². The van der Waals surface area contributed by atoms with Gasteiger partial charge in [0, 0.05) is 0 Å². The molecule has 0 saturated heterocycles. The minimum Gasteiger partial charge on any atom is -0.306 e. The van der Waals surface area contributed by atoms with Crippen molar-refractivity contribution in [2.24, 2.45) is 0 Å². The lowest BCUT2D eigenvalue weighted by Gasteiger charge is -2.24. The van der Waals surface area contributed by atoms with Crippen LogP contribution in [0.15, 0.2) is 30.3 Å². The first-order chi connectivity index (χ1) is 6.93. The first kappa shape index (κ1) is 12.4. The van der Waals surface area contributed by atoms with E-state index in [1.807, 2.05) is 32.0 Å². The van der Waals surface area contributed by atoms with Crippen molar-refractivity contribution in [2.45, 2.75) is 37.9 Å². The van der Waals surface area contributed by atoms with Gasteiger partial charge in [-0.05, 0) is 31.7 Å². The Morgan fingerprint density at radius 3 is 2.33 bits per heavy atom. The van der Waals surface area contributed by atoms with E-state index in [0.717, 1.165) is 0 Å². The molecule has 0 radical (unpaired) electrons. The smallest absolute Gasteiger partial charge is 0.158 e. The standard InChI is InChI=1S/C12H18O2S/c1-10(9-12(2,3)15(13)14)11-7-5-4-6-8-11/h4-8,10H,9H2,1-3H3,(H,13,14). The fourth-order valence-corrected chi connectivity index (χ4v) is 2.10. The molecule has 0 amide bonds. The summed E-state index contributed by atoms with van der Waals surface area (Å²) in [6.45, 7) is 5.73. The SMILES string of the molecule is CC(CC(C)(C)S(=O)O)c1ccccc1. The minimum absolute atomic E-state index is 0.303. The molecule has 15 heavy (non-hydrogen) atoms. The first-order valence-electron chi connectivity index (χ1n) is 5.09. The van der Waals surface area contributed by atoms with Crippen LogP contribution < -0.4 is 0 Å². The number of benzene rings is 1. The second-order valence-corrected chi connectivity index (χ2v) is 6.13. The monoisotopic (exact) mass is 226 g/mol. The number of hydrogen-bond acceptors (Lipinski definition) is 1. The van der Waals surface area contributed by atoms with Crippen LogP contribution in [0.2, 0.25) is 0 Å². The molecule has 1 aromatic carbocycles. The fraction of sp³-hybridized carbons (Fsp3) is 0.500. The van der Waals surface area contributed by atoms with Crippen LogP contribution in [-0.4, -0.2) is 13.5 Å². The Morgan fingerprint density at radius 1 is 1.33 bits per heavy atom. The molecule has 1 aromatic rings. The van der Waals surface area contributed by atoms with Crippen molar-refractivity contribution < 1.29 is 8.76 Å². The fourth-order valence-electron chi connectivity index (χ4n) is 1.71. The molecule has 2 nitrogen and oxygen atoms in total. The number of rotatable bonds is 4. The maximum absolute atomic E-state index is 11.1. The van der Waals surface area contributed by atoms with Crippen LogP contribution in [0.4, 0.5) is 0 Å². The van der Waals surface area contributed by atoms with Gasteiger partial charge in [-0.2, -0.15) is 0 Å². The lowest BCUT2D eigenvalue weighted by atomic mass is 9.91. The van der Waals surface area contributed by atoms with Crippen LogP contribution in [-0.2, 0) is 11.1 Å². The van der Waals surface area contributed by atoms with E-state index in [4.69, 9.17) is 4.55 Å². The molecule has 1 N–H and O–H groups in total. The van der Waals surface area contributed by atoms with Gasteiger partial charge in [-0.3, -0.25) is 0 Å². The number of hydrogen-bond donors (Lipinski definition) is 1. The van der Waals surface area contributed by atoms with E-state index < -0.39 is 15.8 Å². The summed E-state index contributed by atoms with van der Waals surface area (Å²) >= 11 is -1.77. The van der Waals surface area contributed by atoms with E-state index in [-0.39, 0.29) is 0 Å². The van der Waals surface area contributed by atoms with Crippen LogP contribution in [0.3, 0.4) is 0 Å². The predicted octanol–water partition coefficient (Wildman–Crippen LogP) is 3.18. The summed E-state index contributed by atoms with van der Waals surface area (Å²) in [6, 6.07) is 10.1. The maximum Gasteiger partial charge on any atom is 0.158 e. The Kier molecular flexibility index (Phi) is 4.05. The Balaban J connectivity index is 2.72. The average Bonchev–Trinajstić information content (AvgIpc) is 2.18. The van der Waals surface area contributed by atoms with Gasteiger partial charge in [0.2, 0.25) is 0 Å². The molecule has 84 valence electrons. The summed E-state index contributed by atoms with van der Waals surface area (Å²) in [5.74, 6) is 0.303. The van der Waals surface area contributed by atoms with Crippen LogP contribution >= 0.6 is 0 Å². The summed E-state index contributed by atoms with van der Waals surface area (Å²) in [7, 11) is 0. The van der Waals surface area contributed by atoms with E-state index >= 15 is 0 Å². The van der Waals surface area contributed by atoms with Gasteiger partial charge in [0.1, 0.15) is 0 Å². The van der Waals surface area contributed by atoms with Crippen molar-refractivity contribution in [1.82, 2.24) is 0 Å². The Bertz CT molecular complexity index is 333. The van der Waals surface area contributed by atoms with E-state index in [1.165, 1.54) is 5.56 Å². The van der Waals surface area contributed by atoms with Gasteiger partial charge in [0.25, 0.3) is 0 Å². The molecule has 0 aliphatic carbocycles. The van der Waals surface area contributed by atoms with Crippen molar-refractivity contribution in [3.63, 3.8) is 0 Å².